The summed E-state index contributed by atoms with van der Waals surface area (Å²) in [7, 11) is 0. The maximum absolute atomic E-state index is 5.94. The van der Waals surface area contributed by atoms with Crippen molar-refractivity contribution in [2.24, 2.45) is 5.92 Å². The van der Waals surface area contributed by atoms with E-state index >= 15 is 0 Å². The van der Waals surface area contributed by atoms with Crippen molar-refractivity contribution in [2.75, 3.05) is 52.4 Å². The fraction of sp³-hybridized carbons (Fsp3) is 1.00. The van der Waals surface area contributed by atoms with E-state index < -0.39 is 0 Å². The average molecular weight is 281 g/mol. The van der Waals surface area contributed by atoms with Crippen LogP contribution in [0.15, 0.2) is 0 Å². The van der Waals surface area contributed by atoms with Crippen LogP contribution in [-0.2, 0) is 4.74 Å². The molecule has 0 aromatic rings. The van der Waals surface area contributed by atoms with Crippen molar-refractivity contribution < 1.29 is 4.74 Å². The van der Waals surface area contributed by atoms with Crippen LogP contribution in [0.3, 0.4) is 0 Å². The van der Waals surface area contributed by atoms with Gasteiger partial charge in [0.2, 0.25) is 0 Å². The highest BCUT2D eigenvalue weighted by Crippen LogP contribution is 2.25. The Morgan fingerprint density at radius 2 is 1.95 bits per heavy atom. The maximum Gasteiger partial charge on any atom is 0.0829 e. The van der Waals surface area contributed by atoms with Crippen molar-refractivity contribution in [2.45, 2.75) is 44.8 Å². The average Bonchev–Trinajstić information content (AvgIpc) is 3.02. The molecule has 0 aromatic carbocycles. The second-order valence-electron chi connectivity index (χ2n) is 6.73. The molecule has 2 atom stereocenters. The van der Waals surface area contributed by atoms with Gasteiger partial charge in [-0.3, -0.25) is 4.90 Å². The van der Waals surface area contributed by atoms with Gasteiger partial charge in [-0.1, -0.05) is 6.92 Å². The molecule has 0 spiro atoms. The zero-order valence-electron chi connectivity index (χ0n) is 13.0. The second kappa shape index (κ2) is 7.21. The van der Waals surface area contributed by atoms with Gasteiger partial charge in [-0.05, 0) is 57.8 Å². The van der Waals surface area contributed by atoms with Crippen molar-refractivity contribution in [3.8, 4) is 0 Å². The fourth-order valence-electron chi connectivity index (χ4n) is 4.12. The van der Waals surface area contributed by atoms with E-state index in [0.29, 0.717) is 6.10 Å². The molecule has 20 heavy (non-hydrogen) atoms. The highest BCUT2D eigenvalue weighted by Gasteiger charge is 2.30. The van der Waals surface area contributed by atoms with Gasteiger partial charge < -0.3 is 15.0 Å². The van der Waals surface area contributed by atoms with Gasteiger partial charge in [-0.15, -0.1) is 0 Å². The predicted molar refractivity (Wildman–Crippen MR) is 82.0 cm³/mol. The molecular formula is C16H31N3O. The van der Waals surface area contributed by atoms with E-state index in [4.69, 9.17) is 4.74 Å². The van der Waals surface area contributed by atoms with E-state index in [1.165, 1.54) is 45.3 Å². The smallest absolute Gasteiger partial charge is 0.0829 e. The lowest BCUT2D eigenvalue weighted by Crippen LogP contribution is -2.49. The SMILES string of the molecule is CCN1CCOC(CN2CCC(C3CCCN3)CC2)C1. The van der Waals surface area contributed by atoms with E-state index in [1.54, 1.807) is 0 Å². The van der Waals surface area contributed by atoms with Gasteiger partial charge in [0.25, 0.3) is 0 Å². The molecule has 0 aliphatic carbocycles. The van der Waals surface area contributed by atoms with Crippen LogP contribution in [0.25, 0.3) is 0 Å². The summed E-state index contributed by atoms with van der Waals surface area (Å²) in [4.78, 5) is 5.15. The summed E-state index contributed by atoms with van der Waals surface area (Å²) in [6.07, 6.45) is 5.98. The number of likely N-dealkylation sites (N-methyl/N-ethyl adjacent to an activating group) is 1. The largest absolute Gasteiger partial charge is 0.374 e. The zero-order chi connectivity index (χ0) is 13.8. The normalized spacial score (nSPS) is 34.6. The third-order valence-corrected chi connectivity index (χ3v) is 5.43. The molecule has 3 saturated heterocycles. The van der Waals surface area contributed by atoms with Crippen LogP contribution in [0.4, 0.5) is 0 Å². The summed E-state index contributed by atoms with van der Waals surface area (Å²) in [5, 5.41) is 3.69. The van der Waals surface area contributed by atoms with Gasteiger partial charge in [0.1, 0.15) is 0 Å². The maximum atomic E-state index is 5.94. The molecule has 0 saturated carbocycles. The van der Waals surface area contributed by atoms with Crippen LogP contribution < -0.4 is 5.32 Å². The van der Waals surface area contributed by atoms with E-state index in [-0.39, 0.29) is 0 Å². The molecular weight excluding hydrogens is 250 g/mol. The minimum atomic E-state index is 0.435. The molecule has 116 valence electrons. The van der Waals surface area contributed by atoms with Gasteiger partial charge >= 0.3 is 0 Å². The van der Waals surface area contributed by atoms with E-state index in [9.17, 15) is 0 Å². The van der Waals surface area contributed by atoms with Crippen LogP contribution >= 0.6 is 0 Å². The molecule has 4 nitrogen and oxygen atoms in total. The first-order valence-electron chi connectivity index (χ1n) is 8.65. The van der Waals surface area contributed by atoms with Crippen molar-refractivity contribution in [3.05, 3.63) is 0 Å². The number of piperidine rings is 1. The van der Waals surface area contributed by atoms with Crippen LogP contribution in [0.2, 0.25) is 0 Å². The molecule has 0 amide bonds. The summed E-state index contributed by atoms with van der Waals surface area (Å²) < 4.78 is 5.94. The molecule has 0 aromatic heterocycles. The Morgan fingerprint density at radius 1 is 1.10 bits per heavy atom. The van der Waals surface area contributed by atoms with Crippen LogP contribution in [0.1, 0.15) is 32.6 Å². The number of hydrogen-bond acceptors (Lipinski definition) is 4. The molecule has 3 heterocycles. The lowest BCUT2D eigenvalue weighted by molar-refractivity contribution is -0.0457. The van der Waals surface area contributed by atoms with Crippen LogP contribution in [-0.4, -0.2) is 74.4 Å². The molecule has 3 fully saturated rings. The van der Waals surface area contributed by atoms with E-state index in [2.05, 4.69) is 22.0 Å². The third kappa shape index (κ3) is 3.73. The van der Waals surface area contributed by atoms with Gasteiger partial charge in [-0.2, -0.15) is 0 Å². The van der Waals surface area contributed by atoms with Crippen molar-refractivity contribution in [1.29, 1.82) is 0 Å². The Hall–Kier alpha value is -0.160. The predicted octanol–water partition coefficient (Wildman–Crippen LogP) is 1.17. The van der Waals surface area contributed by atoms with Crippen molar-refractivity contribution >= 4 is 0 Å². The van der Waals surface area contributed by atoms with Gasteiger partial charge in [0, 0.05) is 25.7 Å². The summed E-state index contributed by atoms with van der Waals surface area (Å²) in [5.74, 6) is 0.924. The molecule has 1 N–H and O–H groups in total. The molecule has 2 unspecified atom stereocenters. The Morgan fingerprint density at radius 3 is 2.65 bits per heavy atom. The summed E-state index contributed by atoms with van der Waals surface area (Å²) in [6.45, 7) is 11.5. The lowest BCUT2D eigenvalue weighted by atomic mass is 9.88. The number of hydrogen-bond donors (Lipinski definition) is 1. The van der Waals surface area contributed by atoms with E-state index in [1.807, 2.05) is 0 Å². The molecule has 3 aliphatic heterocycles. The van der Waals surface area contributed by atoms with Crippen LogP contribution in [0.5, 0.6) is 0 Å². The number of ether oxygens (including phenoxy) is 1. The minimum absolute atomic E-state index is 0.435. The van der Waals surface area contributed by atoms with Gasteiger partial charge in [0.15, 0.2) is 0 Å². The quantitative estimate of drug-likeness (QED) is 0.837. The number of rotatable bonds is 4. The highest BCUT2D eigenvalue weighted by molar-refractivity contribution is 4.86. The van der Waals surface area contributed by atoms with Crippen molar-refractivity contribution in [1.82, 2.24) is 15.1 Å². The Balaban J connectivity index is 1.39. The first kappa shape index (κ1) is 14.8. The van der Waals surface area contributed by atoms with Gasteiger partial charge in [0.05, 0.1) is 12.7 Å². The zero-order valence-corrected chi connectivity index (χ0v) is 13.0. The van der Waals surface area contributed by atoms with Gasteiger partial charge in [-0.25, -0.2) is 0 Å². The summed E-state index contributed by atoms with van der Waals surface area (Å²) >= 11 is 0. The standard InChI is InChI=1S/C16H31N3O/c1-2-18-10-11-20-15(12-18)13-19-8-5-14(6-9-19)16-4-3-7-17-16/h14-17H,2-13H2,1H3. The molecule has 4 heteroatoms. The molecule has 3 rings (SSSR count). The lowest BCUT2D eigenvalue weighted by Gasteiger charge is -2.39. The Labute approximate surface area is 123 Å². The topological polar surface area (TPSA) is 27.7 Å². The molecule has 0 bridgehead atoms. The molecule has 0 radical (unpaired) electrons. The Bertz CT molecular complexity index is 285. The first-order valence-corrected chi connectivity index (χ1v) is 8.65. The number of nitrogens with one attached hydrogen (secondary N) is 1. The number of morpholine rings is 1. The Kier molecular flexibility index (Phi) is 5.32. The monoisotopic (exact) mass is 281 g/mol. The number of nitrogens with zero attached hydrogens (tertiary/aromatic N) is 2. The summed E-state index contributed by atoms with van der Waals surface area (Å²) in [6, 6.07) is 0.818. The number of likely N-dealkylation sites (tertiary alicyclic amines) is 1. The first-order chi connectivity index (χ1) is 9.85. The van der Waals surface area contributed by atoms with Crippen LogP contribution in [0, 0.1) is 5.92 Å². The third-order valence-electron chi connectivity index (χ3n) is 5.43. The minimum Gasteiger partial charge on any atom is -0.374 e. The fourth-order valence-corrected chi connectivity index (χ4v) is 4.12. The van der Waals surface area contributed by atoms with E-state index in [0.717, 1.165) is 44.7 Å². The second-order valence-corrected chi connectivity index (χ2v) is 6.73. The highest BCUT2D eigenvalue weighted by atomic mass is 16.5. The summed E-state index contributed by atoms with van der Waals surface area (Å²) in [5.41, 5.74) is 0. The molecule has 3 aliphatic rings. The van der Waals surface area contributed by atoms with Crippen molar-refractivity contribution in [3.63, 3.8) is 0 Å².